The molecule has 0 radical (unpaired) electrons. The second kappa shape index (κ2) is 8.73. The lowest BCUT2D eigenvalue weighted by molar-refractivity contribution is -0.113. The van der Waals surface area contributed by atoms with E-state index in [1.54, 1.807) is 30.5 Å². The number of anilines is 1. The van der Waals surface area contributed by atoms with Crippen LogP contribution < -0.4 is 5.32 Å². The first-order valence-electron chi connectivity index (χ1n) is 8.55. The van der Waals surface area contributed by atoms with Crippen LogP contribution in [0, 0.1) is 0 Å². The Morgan fingerprint density at radius 1 is 1.00 bits per heavy atom. The van der Waals surface area contributed by atoms with E-state index < -0.39 is 0 Å². The fraction of sp³-hybridized carbons (Fsp3) is 0.0500. The number of rotatable bonds is 6. The van der Waals surface area contributed by atoms with Crippen molar-refractivity contribution in [1.82, 2.24) is 14.8 Å². The third-order valence-electron chi connectivity index (χ3n) is 3.95. The van der Waals surface area contributed by atoms with Crippen LogP contribution in [0.5, 0.6) is 0 Å². The first-order chi connectivity index (χ1) is 14.1. The standard InChI is InChI=1S/C20H14Cl2N4O2S/c21-14-8-4-9-15(22)18(14)23-17(27)12-29-20-25-24-19(16-10-5-11-28-16)26(20)13-6-2-1-3-7-13/h1-11H,12H2,(H,23,27). The van der Waals surface area contributed by atoms with Crippen LogP contribution in [0.3, 0.4) is 0 Å². The Balaban J connectivity index is 1.57. The first-order valence-corrected chi connectivity index (χ1v) is 10.3. The number of amides is 1. The van der Waals surface area contributed by atoms with Crippen molar-refractivity contribution in [2.24, 2.45) is 0 Å². The molecule has 0 unspecified atom stereocenters. The van der Waals surface area contributed by atoms with Gasteiger partial charge in [0.2, 0.25) is 11.7 Å². The van der Waals surface area contributed by atoms with E-state index in [0.29, 0.717) is 32.5 Å². The van der Waals surface area contributed by atoms with Crippen molar-refractivity contribution in [3.05, 3.63) is 77.0 Å². The zero-order chi connectivity index (χ0) is 20.2. The zero-order valence-electron chi connectivity index (χ0n) is 14.9. The average Bonchev–Trinajstić information content (AvgIpc) is 3.39. The molecule has 0 aliphatic carbocycles. The largest absolute Gasteiger partial charge is 0.461 e. The Labute approximate surface area is 180 Å². The number of hydrogen-bond donors (Lipinski definition) is 1. The van der Waals surface area contributed by atoms with Gasteiger partial charge in [0.25, 0.3) is 0 Å². The molecule has 4 rings (SSSR count). The van der Waals surface area contributed by atoms with Crippen LogP contribution in [0.25, 0.3) is 17.3 Å². The maximum Gasteiger partial charge on any atom is 0.234 e. The van der Waals surface area contributed by atoms with E-state index in [4.69, 9.17) is 27.6 Å². The molecule has 6 nitrogen and oxygen atoms in total. The molecular weight excluding hydrogens is 431 g/mol. The second-order valence-corrected chi connectivity index (χ2v) is 7.64. The van der Waals surface area contributed by atoms with Crippen LogP contribution >= 0.6 is 35.0 Å². The molecule has 0 fully saturated rings. The molecule has 2 heterocycles. The summed E-state index contributed by atoms with van der Waals surface area (Å²) in [7, 11) is 0. The van der Waals surface area contributed by atoms with Gasteiger partial charge in [-0.05, 0) is 36.4 Å². The maximum absolute atomic E-state index is 12.4. The summed E-state index contributed by atoms with van der Waals surface area (Å²) in [6.45, 7) is 0. The van der Waals surface area contributed by atoms with Gasteiger partial charge in [0.1, 0.15) is 0 Å². The topological polar surface area (TPSA) is 73.0 Å². The van der Waals surface area contributed by atoms with Crippen LogP contribution in [0.2, 0.25) is 10.0 Å². The van der Waals surface area contributed by atoms with E-state index in [1.165, 1.54) is 11.8 Å². The Hall–Kier alpha value is -2.74. The Kier molecular flexibility index (Phi) is 5.89. The molecule has 0 aliphatic heterocycles. The molecule has 0 bridgehead atoms. The molecule has 146 valence electrons. The van der Waals surface area contributed by atoms with Crippen molar-refractivity contribution in [2.75, 3.05) is 11.1 Å². The number of thioether (sulfide) groups is 1. The summed E-state index contributed by atoms with van der Waals surface area (Å²) in [6.07, 6.45) is 1.58. The Morgan fingerprint density at radius 3 is 2.45 bits per heavy atom. The van der Waals surface area contributed by atoms with Gasteiger partial charge in [-0.1, -0.05) is 59.2 Å². The van der Waals surface area contributed by atoms with Gasteiger partial charge in [0.05, 0.1) is 27.7 Å². The van der Waals surface area contributed by atoms with Crippen molar-refractivity contribution in [1.29, 1.82) is 0 Å². The molecule has 1 N–H and O–H groups in total. The maximum atomic E-state index is 12.4. The van der Waals surface area contributed by atoms with Gasteiger partial charge in [-0.3, -0.25) is 9.36 Å². The fourth-order valence-corrected chi connectivity index (χ4v) is 3.91. The first kappa shape index (κ1) is 19.6. The molecule has 2 aromatic heterocycles. The van der Waals surface area contributed by atoms with Crippen LogP contribution in [-0.4, -0.2) is 26.4 Å². The van der Waals surface area contributed by atoms with E-state index in [-0.39, 0.29) is 11.7 Å². The highest BCUT2D eigenvalue weighted by Gasteiger charge is 2.19. The van der Waals surface area contributed by atoms with Crippen LogP contribution in [0.15, 0.2) is 76.5 Å². The number of halogens is 2. The van der Waals surface area contributed by atoms with E-state index in [1.807, 2.05) is 41.0 Å². The number of furan rings is 1. The van der Waals surface area contributed by atoms with Crippen molar-refractivity contribution in [2.45, 2.75) is 5.16 Å². The molecule has 2 aromatic carbocycles. The molecule has 0 aliphatic rings. The highest BCUT2D eigenvalue weighted by Crippen LogP contribution is 2.31. The van der Waals surface area contributed by atoms with E-state index in [9.17, 15) is 4.79 Å². The van der Waals surface area contributed by atoms with Gasteiger partial charge in [-0.2, -0.15) is 0 Å². The third kappa shape index (κ3) is 4.32. The molecule has 0 saturated carbocycles. The molecule has 1 amide bonds. The van der Waals surface area contributed by atoms with E-state index in [2.05, 4.69) is 15.5 Å². The molecule has 29 heavy (non-hydrogen) atoms. The van der Waals surface area contributed by atoms with Crippen LogP contribution in [0.1, 0.15) is 0 Å². The van der Waals surface area contributed by atoms with Gasteiger partial charge in [0.15, 0.2) is 10.9 Å². The lowest BCUT2D eigenvalue weighted by atomic mass is 10.3. The lowest BCUT2D eigenvalue weighted by Gasteiger charge is -2.10. The summed E-state index contributed by atoms with van der Waals surface area (Å²) >= 11 is 13.5. The lowest BCUT2D eigenvalue weighted by Crippen LogP contribution is -2.15. The van der Waals surface area contributed by atoms with Crippen molar-refractivity contribution in [3.8, 4) is 17.3 Å². The summed E-state index contributed by atoms with van der Waals surface area (Å²) in [4.78, 5) is 12.4. The predicted molar refractivity (Wildman–Crippen MR) is 115 cm³/mol. The number of carbonyl (C=O) groups excluding carboxylic acids is 1. The minimum atomic E-state index is -0.257. The second-order valence-electron chi connectivity index (χ2n) is 5.89. The summed E-state index contributed by atoms with van der Waals surface area (Å²) in [5.41, 5.74) is 1.25. The predicted octanol–water partition coefficient (Wildman–Crippen LogP) is 5.56. The highest BCUT2D eigenvalue weighted by atomic mass is 35.5. The van der Waals surface area contributed by atoms with Crippen LogP contribution in [0.4, 0.5) is 5.69 Å². The summed E-state index contributed by atoms with van der Waals surface area (Å²) < 4.78 is 7.33. The Morgan fingerprint density at radius 2 is 1.76 bits per heavy atom. The Bertz CT molecular complexity index is 1110. The van der Waals surface area contributed by atoms with Crippen LogP contribution in [-0.2, 0) is 4.79 Å². The molecular formula is C20H14Cl2N4O2S. The van der Waals surface area contributed by atoms with Gasteiger partial charge in [-0.25, -0.2) is 0 Å². The van der Waals surface area contributed by atoms with Crippen molar-refractivity contribution >= 4 is 46.6 Å². The zero-order valence-corrected chi connectivity index (χ0v) is 17.2. The summed E-state index contributed by atoms with van der Waals surface area (Å²) in [5, 5.41) is 12.6. The van der Waals surface area contributed by atoms with Gasteiger partial charge in [-0.15, -0.1) is 10.2 Å². The number of nitrogens with one attached hydrogen (secondary N) is 1. The number of carbonyl (C=O) groups is 1. The minimum absolute atomic E-state index is 0.102. The van der Waals surface area contributed by atoms with Gasteiger partial charge >= 0.3 is 0 Å². The summed E-state index contributed by atoms with van der Waals surface area (Å²) in [6, 6.07) is 18.3. The highest BCUT2D eigenvalue weighted by molar-refractivity contribution is 7.99. The quantitative estimate of drug-likeness (QED) is 0.393. The van der Waals surface area contributed by atoms with Crippen molar-refractivity contribution in [3.63, 3.8) is 0 Å². The number of para-hydroxylation sites is 2. The molecule has 0 atom stereocenters. The SMILES string of the molecule is O=C(CSc1nnc(-c2ccco2)n1-c1ccccc1)Nc1c(Cl)cccc1Cl. The fourth-order valence-electron chi connectivity index (χ4n) is 2.66. The van der Waals surface area contributed by atoms with E-state index >= 15 is 0 Å². The third-order valence-corrected chi connectivity index (χ3v) is 5.51. The number of nitrogens with zero attached hydrogens (tertiary/aromatic N) is 3. The molecule has 9 heteroatoms. The number of aromatic nitrogens is 3. The van der Waals surface area contributed by atoms with Crippen molar-refractivity contribution < 1.29 is 9.21 Å². The number of benzene rings is 2. The monoisotopic (exact) mass is 444 g/mol. The van der Waals surface area contributed by atoms with Gasteiger partial charge in [0, 0.05) is 5.69 Å². The summed E-state index contributed by atoms with van der Waals surface area (Å²) in [5.74, 6) is 0.982. The molecule has 0 spiro atoms. The molecule has 4 aromatic rings. The van der Waals surface area contributed by atoms with E-state index in [0.717, 1.165) is 5.69 Å². The average molecular weight is 445 g/mol. The molecule has 0 saturated heterocycles. The smallest absolute Gasteiger partial charge is 0.234 e. The number of hydrogen-bond acceptors (Lipinski definition) is 5. The van der Waals surface area contributed by atoms with Gasteiger partial charge < -0.3 is 9.73 Å². The minimum Gasteiger partial charge on any atom is -0.461 e. The normalized spacial score (nSPS) is 10.8.